The number of rotatable bonds is 6. The summed E-state index contributed by atoms with van der Waals surface area (Å²) >= 11 is 0.764. The molecule has 0 aromatic carbocycles. The Hall–Kier alpha value is -0.570. The molecule has 0 N–H and O–H groups in total. The van der Waals surface area contributed by atoms with Gasteiger partial charge in [0.25, 0.3) is 0 Å². The van der Waals surface area contributed by atoms with E-state index in [2.05, 4.69) is 0 Å². The van der Waals surface area contributed by atoms with Crippen LogP contribution in [0.1, 0.15) is 6.42 Å². The summed E-state index contributed by atoms with van der Waals surface area (Å²) in [5, 5.41) is 0. The summed E-state index contributed by atoms with van der Waals surface area (Å²) in [5.74, 6) is -36.8. The molecule has 0 nitrogen and oxygen atoms in total. The third-order valence-electron chi connectivity index (χ3n) is 2.46. The highest BCUT2D eigenvalue weighted by Gasteiger charge is 2.87. The molecule has 0 saturated heterocycles. The predicted molar refractivity (Wildman–Crippen MR) is 49.3 cm³/mol. The molecule has 0 heterocycles. The molecule has 0 aliphatic rings. The van der Waals surface area contributed by atoms with Gasteiger partial charge < -0.3 is 0 Å². The fourth-order valence-electron chi connectivity index (χ4n) is 1.09. The molecule has 0 bridgehead atoms. The zero-order valence-corrected chi connectivity index (χ0v) is 11.8. The van der Waals surface area contributed by atoms with Crippen LogP contribution in [0.5, 0.6) is 0 Å². The van der Waals surface area contributed by atoms with Gasteiger partial charge in [-0.05, 0) is 15.9 Å². The second kappa shape index (κ2) is 5.72. The third kappa shape index (κ3) is 3.52. The van der Waals surface area contributed by atoms with Crippen LogP contribution in [0, 0.1) is 0 Å². The van der Waals surface area contributed by atoms with Gasteiger partial charge in [-0.2, -0.15) is 65.9 Å². The highest BCUT2D eigenvalue weighted by atomic mass is 79.9. The molecular weight excluding hydrogens is 461 g/mol. The molecule has 24 heavy (non-hydrogen) atoms. The van der Waals surface area contributed by atoms with Crippen molar-refractivity contribution in [2.24, 2.45) is 0 Å². The molecule has 0 amide bonds. The Balaban J connectivity index is 6.04. The van der Waals surface area contributed by atoms with Crippen molar-refractivity contribution < 1.29 is 65.9 Å². The summed E-state index contributed by atoms with van der Waals surface area (Å²) in [6.45, 7) is 0. The lowest BCUT2D eigenvalue weighted by Crippen LogP contribution is -2.67. The summed E-state index contributed by atoms with van der Waals surface area (Å²) in [5.41, 5.74) is 0. The number of halogens is 16. The van der Waals surface area contributed by atoms with Gasteiger partial charge in [0.05, 0.1) is 6.42 Å². The smallest absolute Gasteiger partial charge is 0.199 e. The number of hydrogen-bond donors (Lipinski definition) is 0. The van der Waals surface area contributed by atoms with E-state index < -0.39 is 47.0 Å². The molecule has 0 radical (unpaired) electrons. The average Bonchev–Trinajstić information content (AvgIpc) is 2.23. The fraction of sp³-hybridized carbons (Fsp3) is 1.00. The first-order valence-corrected chi connectivity index (χ1v) is 5.77. The van der Waals surface area contributed by atoms with E-state index in [9.17, 15) is 65.9 Å². The van der Waals surface area contributed by atoms with Crippen LogP contribution in [-0.4, -0.2) is 40.6 Å². The van der Waals surface area contributed by atoms with E-state index >= 15 is 0 Å². The molecular formula is C8H2BrF15. The van der Waals surface area contributed by atoms with Crippen LogP contribution in [0.2, 0.25) is 0 Å². The molecule has 0 fully saturated rings. The topological polar surface area (TPSA) is 0 Å². The minimum Gasteiger partial charge on any atom is -0.199 e. The van der Waals surface area contributed by atoms with Gasteiger partial charge in [0.1, 0.15) is 0 Å². The van der Waals surface area contributed by atoms with Crippen molar-refractivity contribution in [3.05, 3.63) is 0 Å². The Morgan fingerprint density at radius 1 is 0.458 bits per heavy atom. The molecule has 0 atom stereocenters. The van der Waals surface area contributed by atoms with Gasteiger partial charge in [-0.15, -0.1) is 0 Å². The lowest BCUT2D eigenvalue weighted by Gasteiger charge is -2.38. The van der Waals surface area contributed by atoms with Gasteiger partial charge in [-0.1, -0.05) is 0 Å². The largest absolute Gasteiger partial charge is 0.460 e. The van der Waals surface area contributed by atoms with E-state index in [0.29, 0.717) is 0 Å². The minimum absolute atomic E-state index is 0.764. The zero-order valence-electron chi connectivity index (χ0n) is 10.3. The second-order valence-electron chi connectivity index (χ2n) is 4.30. The lowest BCUT2D eigenvalue weighted by atomic mass is 9.94. The minimum atomic E-state index is -7.93. The molecule has 0 saturated carbocycles. The maximum Gasteiger partial charge on any atom is 0.460 e. The van der Waals surface area contributed by atoms with Gasteiger partial charge >= 0.3 is 40.6 Å². The van der Waals surface area contributed by atoms with Crippen LogP contribution in [0.15, 0.2) is 0 Å². The van der Waals surface area contributed by atoms with E-state index in [4.69, 9.17) is 0 Å². The van der Waals surface area contributed by atoms with Crippen molar-refractivity contribution in [2.45, 2.75) is 47.0 Å². The van der Waals surface area contributed by atoms with Crippen molar-refractivity contribution in [3.8, 4) is 0 Å². The van der Waals surface area contributed by atoms with Crippen molar-refractivity contribution in [2.75, 3.05) is 0 Å². The van der Waals surface area contributed by atoms with Gasteiger partial charge in [0.15, 0.2) is 0 Å². The van der Waals surface area contributed by atoms with Crippen molar-refractivity contribution in [1.29, 1.82) is 0 Å². The van der Waals surface area contributed by atoms with Crippen molar-refractivity contribution >= 4 is 15.9 Å². The van der Waals surface area contributed by atoms with E-state index in [1.807, 2.05) is 0 Å². The number of hydrogen-bond acceptors (Lipinski definition) is 0. The summed E-state index contributed by atoms with van der Waals surface area (Å²) in [6, 6.07) is 0. The van der Waals surface area contributed by atoms with Gasteiger partial charge in [0.2, 0.25) is 0 Å². The SMILES string of the molecule is FC(F)(F)C(F)(F)C(F)(F)C(F)(F)C(F)(F)CC(F)(F)C(F)(F)Br. The maximum absolute atomic E-state index is 12.9. The van der Waals surface area contributed by atoms with E-state index in [0.717, 1.165) is 15.9 Å². The molecule has 16 heteroatoms. The Kier molecular flexibility index (Phi) is 5.59. The molecule has 0 aromatic heterocycles. The van der Waals surface area contributed by atoms with Crippen molar-refractivity contribution in [3.63, 3.8) is 0 Å². The standard InChI is InChI=1S/C8H2BrF15/c9-7(20,21)3(12,13)1-2(10,11)4(14,15)5(16,17)6(18,19)8(22,23)24/h1H2. The molecule has 0 aromatic rings. The lowest BCUT2D eigenvalue weighted by molar-refractivity contribution is -0.426. The summed E-state index contributed by atoms with van der Waals surface area (Å²) in [6.07, 6.45) is -11.6. The van der Waals surface area contributed by atoms with Crippen LogP contribution in [-0.2, 0) is 0 Å². The summed E-state index contributed by atoms with van der Waals surface area (Å²) < 4.78 is 186. The van der Waals surface area contributed by atoms with Gasteiger partial charge in [-0.3, -0.25) is 0 Å². The monoisotopic (exact) mass is 462 g/mol. The van der Waals surface area contributed by atoms with Gasteiger partial charge in [0, 0.05) is 0 Å². The first kappa shape index (κ1) is 23.4. The highest BCUT2D eigenvalue weighted by Crippen LogP contribution is 2.59. The zero-order chi connectivity index (χ0) is 20.2. The number of alkyl halides is 16. The van der Waals surface area contributed by atoms with Crippen LogP contribution in [0.3, 0.4) is 0 Å². The second-order valence-corrected chi connectivity index (χ2v) is 5.30. The maximum atomic E-state index is 12.9. The van der Waals surface area contributed by atoms with E-state index in [-0.39, 0.29) is 0 Å². The predicted octanol–water partition coefficient (Wildman–Crippen LogP) is 6.10. The molecule has 0 unspecified atom stereocenters. The normalized spacial score (nSPS) is 16.5. The highest BCUT2D eigenvalue weighted by molar-refractivity contribution is 9.10. The quantitative estimate of drug-likeness (QED) is 0.330. The summed E-state index contributed by atoms with van der Waals surface area (Å²) in [4.78, 5) is -5.68. The Bertz CT molecular complexity index is 455. The van der Waals surface area contributed by atoms with E-state index in [1.165, 1.54) is 0 Å². The summed E-state index contributed by atoms with van der Waals surface area (Å²) in [7, 11) is 0. The Morgan fingerprint density at radius 2 is 0.792 bits per heavy atom. The molecule has 0 aliphatic carbocycles. The molecule has 0 aliphatic heterocycles. The third-order valence-corrected chi connectivity index (χ3v) is 3.04. The average molecular weight is 463 g/mol. The van der Waals surface area contributed by atoms with Crippen LogP contribution in [0.25, 0.3) is 0 Å². The van der Waals surface area contributed by atoms with Crippen LogP contribution in [0.4, 0.5) is 65.9 Å². The first-order chi connectivity index (χ1) is 9.96. The first-order valence-electron chi connectivity index (χ1n) is 4.98. The molecule has 146 valence electrons. The fourth-order valence-corrected chi connectivity index (χ4v) is 1.24. The Morgan fingerprint density at radius 3 is 1.04 bits per heavy atom. The van der Waals surface area contributed by atoms with Crippen molar-refractivity contribution in [1.82, 2.24) is 0 Å². The van der Waals surface area contributed by atoms with E-state index in [1.54, 1.807) is 0 Å². The van der Waals surface area contributed by atoms with Crippen LogP contribution < -0.4 is 0 Å². The Labute approximate surface area is 130 Å². The van der Waals surface area contributed by atoms with Crippen LogP contribution >= 0.6 is 15.9 Å². The van der Waals surface area contributed by atoms with Gasteiger partial charge in [-0.25, -0.2) is 0 Å². The molecule has 0 rings (SSSR count). The molecule has 0 spiro atoms.